The lowest BCUT2D eigenvalue weighted by molar-refractivity contribution is -0.141. The molecule has 31 heavy (non-hydrogen) atoms. The highest BCUT2D eigenvalue weighted by molar-refractivity contribution is 5.95. The van der Waals surface area contributed by atoms with Gasteiger partial charge in [0.25, 0.3) is 0 Å². The normalized spacial score (nSPS) is 16.5. The van der Waals surface area contributed by atoms with Crippen LogP contribution in [0.25, 0.3) is 22.5 Å². The lowest BCUT2D eigenvalue weighted by atomic mass is 9.88. The number of aromatic carboxylic acids is 1. The molecule has 9 heteroatoms. The number of fused-ring (bicyclic) bond motifs is 3. The molecule has 0 aromatic carbocycles. The summed E-state index contributed by atoms with van der Waals surface area (Å²) in [5.41, 5.74) is 9.97. The Balaban J connectivity index is 1.57. The van der Waals surface area contributed by atoms with Gasteiger partial charge in [0.1, 0.15) is 5.69 Å². The van der Waals surface area contributed by atoms with E-state index in [0.29, 0.717) is 36.2 Å². The van der Waals surface area contributed by atoms with Crippen LogP contribution >= 0.6 is 0 Å². The van der Waals surface area contributed by atoms with E-state index in [1.54, 1.807) is 12.3 Å². The number of carbonyl (C=O) groups is 1. The van der Waals surface area contributed by atoms with E-state index in [1.807, 2.05) is 0 Å². The number of nitrogens with one attached hydrogen (secondary N) is 1. The summed E-state index contributed by atoms with van der Waals surface area (Å²) in [4.78, 5) is 23.2. The van der Waals surface area contributed by atoms with Crippen LogP contribution < -0.4 is 5.73 Å². The van der Waals surface area contributed by atoms with Gasteiger partial charge >= 0.3 is 12.1 Å². The summed E-state index contributed by atoms with van der Waals surface area (Å²) in [5.74, 6) is -0.985. The maximum absolute atomic E-state index is 12.8. The Morgan fingerprint density at radius 3 is 2.58 bits per heavy atom. The van der Waals surface area contributed by atoms with Crippen LogP contribution in [-0.2, 0) is 25.4 Å². The summed E-state index contributed by atoms with van der Waals surface area (Å²) in [5, 5.41) is 9.83. The predicted molar refractivity (Wildman–Crippen MR) is 106 cm³/mol. The number of alkyl halides is 3. The number of nitrogens with zero attached hydrogens (tertiary/aromatic N) is 2. The fourth-order valence-corrected chi connectivity index (χ4v) is 4.20. The van der Waals surface area contributed by atoms with E-state index in [4.69, 9.17) is 5.73 Å². The molecule has 1 saturated carbocycles. The highest BCUT2D eigenvalue weighted by Crippen LogP contribution is 2.41. The monoisotopic (exact) mass is 428 g/mol. The van der Waals surface area contributed by atoms with Crippen LogP contribution in [-0.4, -0.2) is 31.6 Å². The lowest BCUT2D eigenvalue weighted by Crippen LogP contribution is -2.25. The van der Waals surface area contributed by atoms with E-state index in [9.17, 15) is 23.1 Å². The number of carboxylic acid groups (broad SMARTS) is 1. The molecule has 0 atom stereocenters. The molecule has 3 aromatic heterocycles. The smallest absolute Gasteiger partial charge is 0.433 e. The van der Waals surface area contributed by atoms with Crippen molar-refractivity contribution in [2.45, 2.75) is 43.8 Å². The standard InChI is InChI=1S/C22H19F3N4O2/c23-22(24,25)17-4-2-12(10-28-17)15-7-14-11(9-27-15)1-3-13-18(20(30)31)16(29-19(13)14)8-21(26)5-6-21/h2,4,7,9-10,29H,1,3,5-6,8,26H2,(H,30,31). The average Bonchev–Trinajstić information content (AvgIpc) is 3.32. The third-order valence-electron chi connectivity index (χ3n) is 6.07. The zero-order valence-electron chi connectivity index (χ0n) is 16.4. The molecule has 3 heterocycles. The van der Waals surface area contributed by atoms with Crippen molar-refractivity contribution in [3.63, 3.8) is 0 Å². The summed E-state index contributed by atoms with van der Waals surface area (Å²) in [6.45, 7) is 0. The zero-order chi connectivity index (χ0) is 22.0. The second-order valence-electron chi connectivity index (χ2n) is 8.33. The largest absolute Gasteiger partial charge is 0.478 e. The second-order valence-corrected chi connectivity index (χ2v) is 8.33. The van der Waals surface area contributed by atoms with Crippen molar-refractivity contribution in [1.82, 2.24) is 15.0 Å². The van der Waals surface area contributed by atoms with Crippen molar-refractivity contribution in [3.05, 3.63) is 58.7 Å². The maximum Gasteiger partial charge on any atom is 0.433 e. The molecule has 0 bridgehead atoms. The number of aryl methyl sites for hydroxylation is 1. The summed E-state index contributed by atoms with van der Waals surface area (Å²) in [7, 11) is 0. The van der Waals surface area contributed by atoms with E-state index in [-0.39, 0.29) is 11.1 Å². The molecule has 0 amide bonds. The van der Waals surface area contributed by atoms with Crippen molar-refractivity contribution < 1.29 is 23.1 Å². The Bertz CT molecular complexity index is 1190. The van der Waals surface area contributed by atoms with Crippen molar-refractivity contribution >= 4 is 5.97 Å². The topological polar surface area (TPSA) is 105 Å². The molecule has 0 saturated heterocycles. The van der Waals surface area contributed by atoms with Crippen LogP contribution in [0.4, 0.5) is 13.2 Å². The highest BCUT2D eigenvalue weighted by atomic mass is 19.4. The first-order valence-electron chi connectivity index (χ1n) is 9.93. The Morgan fingerprint density at radius 1 is 1.19 bits per heavy atom. The average molecular weight is 428 g/mol. The van der Waals surface area contributed by atoms with Gasteiger partial charge in [-0.25, -0.2) is 4.79 Å². The predicted octanol–water partition coefficient (Wildman–Crippen LogP) is 3.99. The van der Waals surface area contributed by atoms with Crippen LogP contribution in [0.5, 0.6) is 0 Å². The minimum atomic E-state index is -4.51. The van der Waals surface area contributed by atoms with Gasteiger partial charge in [0.15, 0.2) is 0 Å². The highest BCUT2D eigenvalue weighted by Gasteiger charge is 2.40. The molecule has 0 unspecified atom stereocenters. The first-order chi connectivity index (χ1) is 14.6. The SMILES string of the molecule is NC1(Cc2[nH]c3c(c2C(=O)O)CCc2cnc(-c4ccc(C(F)(F)F)nc4)cc2-3)CC1. The van der Waals surface area contributed by atoms with Crippen LogP contribution in [0.1, 0.15) is 45.7 Å². The van der Waals surface area contributed by atoms with Crippen molar-refractivity contribution in [2.75, 3.05) is 0 Å². The molecule has 6 nitrogen and oxygen atoms in total. The van der Waals surface area contributed by atoms with Crippen molar-refractivity contribution in [2.24, 2.45) is 5.73 Å². The Hall–Kier alpha value is -3.20. The van der Waals surface area contributed by atoms with Crippen LogP contribution in [0, 0.1) is 0 Å². The van der Waals surface area contributed by atoms with E-state index >= 15 is 0 Å². The molecular formula is C22H19F3N4O2. The number of H-pyrrole nitrogens is 1. The van der Waals surface area contributed by atoms with Gasteiger partial charge in [0.2, 0.25) is 0 Å². The molecule has 2 aliphatic rings. The van der Waals surface area contributed by atoms with Gasteiger partial charge in [-0.15, -0.1) is 0 Å². The number of rotatable bonds is 4. The van der Waals surface area contributed by atoms with Crippen molar-refractivity contribution in [3.8, 4) is 22.5 Å². The number of aromatic nitrogens is 3. The number of nitrogens with two attached hydrogens (primary N) is 1. The molecule has 3 aromatic rings. The number of aromatic amines is 1. The first kappa shape index (κ1) is 19.7. The summed E-state index contributed by atoms with van der Waals surface area (Å²) in [6, 6.07) is 4.04. The second kappa shape index (κ2) is 6.65. The number of hydrogen-bond donors (Lipinski definition) is 3. The fraction of sp³-hybridized carbons (Fsp3) is 0.318. The van der Waals surface area contributed by atoms with Gasteiger partial charge < -0.3 is 15.8 Å². The number of hydrogen-bond acceptors (Lipinski definition) is 4. The van der Waals surface area contributed by atoms with Crippen molar-refractivity contribution in [1.29, 1.82) is 0 Å². The molecule has 1 fully saturated rings. The maximum atomic E-state index is 12.8. The van der Waals surface area contributed by atoms with Gasteiger partial charge in [-0.1, -0.05) is 0 Å². The van der Waals surface area contributed by atoms with Crippen LogP contribution in [0.3, 0.4) is 0 Å². The number of halogens is 3. The first-order valence-corrected chi connectivity index (χ1v) is 9.93. The van der Waals surface area contributed by atoms with Gasteiger partial charge in [-0.2, -0.15) is 13.2 Å². The fourth-order valence-electron chi connectivity index (χ4n) is 4.20. The zero-order valence-corrected chi connectivity index (χ0v) is 16.4. The third kappa shape index (κ3) is 3.48. The molecule has 2 aliphatic carbocycles. The van der Waals surface area contributed by atoms with E-state index in [0.717, 1.165) is 47.5 Å². The molecule has 5 rings (SSSR count). The molecule has 4 N–H and O–H groups in total. The van der Waals surface area contributed by atoms with Gasteiger partial charge in [0.05, 0.1) is 17.0 Å². The van der Waals surface area contributed by atoms with Crippen LogP contribution in [0.15, 0.2) is 30.6 Å². The van der Waals surface area contributed by atoms with E-state index in [1.165, 1.54) is 6.07 Å². The summed E-state index contributed by atoms with van der Waals surface area (Å²) >= 11 is 0. The van der Waals surface area contributed by atoms with E-state index in [2.05, 4.69) is 15.0 Å². The molecule has 0 aliphatic heterocycles. The Labute approximate surface area is 175 Å². The third-order valence-corrected chi connectivity index (χ3v) is 6.07. The van der Waals surface area contributed by atoms with Crippen LogP contribution in [0.2, 0.25) is 0 Å². The molecular weight excluding hydrogens is 409 g/mol. The Kier molecular flexibility index (Phi) is 4.23. The minimum absolute atomic E-state index is 0.284. The van der Waals surface area contributed by atoms with Gasteiger partial charge in [0, 0.05) is 41.2 Å². The number of carboxylic acids is 1. The minimum Gasteiger partial charge on any atom is -0.478 e. The molecule has 160 valence electrons. The quantitative estimate of drug-likeness (QED) is 0.583. The lowest BCUT2D eigenvalue weighted by Gasteiger charge is -2.17. The summed E-state index contributed by atoms with van der Waals surface area (Å²) in [6.07, 6.45) is 1.73. The van der Waals surface area contributed by atoms with Gasteiger partial charge in [-0.3, -0.25) is 9.97 Å². The van der Waals surface area contributed by atoms with E-state index < -0.39 is 17.8 Å². The number of pyridine rings is 2. The molecule has 0 spiro atoms. The summed E-state index contributed by atoms with van der Waals surface area (Å²) < 4.78 is 38.4. The van der Waals surface area contributed by atoms with Gasteiger partial charge in [-0.05, 0) is 55.0 Å². The Morgan fingerprint density at radius 2 is 1.97 bits per heavy atom. The molecule has 0 radical (unpaired) electrons.